The molecule has 1 fully saturated rings. The molecule has 0 saturated carbocycles. The van der Waals surface area contributed by atoms with Crippen molar-refractivity contribution in [3.05, 3.63) is 71.7 Å². The van der Waals surface area contributed by atoms with Gasteiger partial charge in [-0.25, -0.2) is 13.4 Å². The fraction of sp³-hybridized carbons (Fsp3) is 0.308. The molecule has 3 aromatic carbocycles. The second-order valence-corrected chi connectivity index (χ2v) is 11.8. The molecule has 1 atom stereocenters. The highest BCUT2D eigenvalue weighted by molar-refractivity contribution is 7.89. The van der Waals surface area contributed by atoms with E-state index in [4.69, 9.17) is 4.98 Å². The van der Waals surface area contributed by atoms with E-state index in [9.17, 15) is 13.2 Å². The Morgan fingerprint density at radius 2 is 1.71 bits per heavy atom. The van der Waals surface area contributed by atoms with E-state index in [0.29, 0.717) is 30.8 Å². The Labute approximate surface area is 203 Å². The highest BCUT2D eigenvalue weighted by atomic mass is 32.2. The van der Waals surface area contributed by atoms with Gasteiger partial charge in [-0.15, -0.1) is 11.3 Å². The van der Waals surface area contributed by atoms with Crippen molar-refractivity contribution in [2.75, 3.05) is 20.1 Å². The van der Waals surface area contributed by atoms with Crippen molar-refractivity contribution in [1.82, 2.24) is 14.2 Å². The van der Waals surface area contributed by atoms with Crippen LogP contribution in [0.1, 0.15) is 30.8 Å². The molecule has 1 aliphatic rings. The summed E-state index contributed by atoms with van der Waals surface area (Å²) in [6, 6.07) is 20.8. The SMILES string of the molecule is CC(c1nc2ccccc2s1)N(C)C(=O)C1CCN(S(=O)(=O)c2ccc3ccccc3c2)CC1. The van der Waals surface area contributed by atoms with E-state index in [1.165, 1.54) is 4.31 Å². The molecule has 8 heteroatoms. The van der Waals surface area contributed by atoms with Gasteiger partial charge in [0.15, 0.2) is 0 Å². The minimum absolute atomic E-state index is 0.0505. The van der Waals surface area contributed by atoms with Crippen molar-refractivity contribution >= 4 is 48.3 Å². The molecule has 1 aliphatic heterocycles. The van der Waals surface area contributed by atoms with Gasteiger partial charge in [-0.2, -0.15) is 4.31 Å². The monoisotopic (exact) mass is 493 g/mol. The lowest BCUT2D eigenvalue weighted by atomic mass is 9.96. The highest BCUT2D eigenvalue weighted by Crippen LogP contribution is 2.32. The molecule has 5 rings (SSSR count). The third-order valence-electron chi connectivity index (χ3n) is 6.76. The summed E-state index contributed by atoms with van der Waals surface area (Å²) in [5, 5.41) is 2.82. The first-order valence-corrected chi connectivity index (χ1v) is 13.7. The summed E-state index contributed by atoms with van der Waals surface area (Å²) in [4.78, 5) is 20.0. The molecule has 0 radical (unpaired) electrons. The van der Waals surface area contributed by atoms with E-state index in [0.717, 1.165) is 26.0 Å². The smallest absolute Gasteiger partial charge is 0.243 e. The van der Waals surface area contributed by atoms with Crippen LogP contribution in [0.2, 0.25) is 0 Å². The lowest BCUT2D eigenvalue weighted by molar-refractivity contribution is -0.137. The molecule has 2 heterocycles. The van der Waals surface area contributed by atoms with Gasteiger partial charge in [0.05, 0.1) is 21.2 Å². The van der Waals surface area contributed by atoms with Gasteiger partial charge in [-0.1, -0.05) is 42.5 Å². The summed E-state index contributed by atoms with van der Waals surface area (Å²) in [7, 11) is -1.78. The minimum atomic E-state index is -3.60. The number of hydrogen-bond donors (Lipinski definition) is 0. The molecule has 6 nitrogen and oxygen atoms in total. The number of thiazole rings is 1. The molecule has 1 unspecified atom stereocenters. The van der Waals surface area contributed by atoms with Crippen molar-refractivity contribution < 1.29 is 13.2 Å². The van der Waals surface area contributed by atoms with Gasteiger partial charge >= 0.3 is 0 Å². The zero-order chi connectivity index (χ0) is 23.9. The third-order valence-corrected chi connectivity index (χ3v) is 9.86. The van der Waals surface area contributed by atoms with Gasteiger partial charge in [-0.05, 0) is 54.8 Å². The molecule has 1 aromatic heterocycles. The number of benzene rings is 3. The van der Waals surface area contributed by atoms with Crippen LogP contribution in [-0.4, -0.2) is 48.7 Å². The Balaban J connectivity index is 1.26. The number of sulfonamides is 1. The Morgan fingerprint density at radius 3 is 2.44 bits per heavy atom. The van der Waals surface area contributed by atoms with Crippen LogP contribution in [0.4, 0.5) is 0 Å². The summed E-state index contributed by atoms with van der Waals surface area (Å²) in [6.07, 6.45) is 1.03. The van der Waals surface area contributed by atoms with Crippen LogP contribution in [0, 0.1) is 5.92 Å². The zero-order valence-electron chi connectivity index (χ0n) is 19.2. The zero-order valence-corrected chi connectivity index (χ0v) is 20.8. The summed E-state index contributed by atoms with van der Waals surface area (Å²) in [6.45, 7) is 2.68. The van der Waals surface area contributed by atoms with E-state index in [2.05, 4.69) is 0 Å². The van der Waals surface area contributed by atoms with E-state index in [-0.39, 0.29) is 17.9 Å². The predicted molar refractivity (Wildman–Crippen MR) is 136 cm³/mol. The molecule has 0 N–H and O–H groups in total. The van der Waals surface area contributed by atoms with E-state index >= 15 is 0 Å². The first kappa shape index (κ1) is 23.0. The van der Waals surface area contributed by atoms with E-state index in [1.807, 2.05) is 68.6 Å². The Kier molecular flexibility index (Phi) is 6.14. The van der Waals surface area contributed by atoms with Crippen LogP contribution in [0.5, 0.6) is 0 Å². The molecular formula is C26H27N3O3S2. The number of amides is 1. The number of carbonyl (C=O) groups excluding carboxylic acids is 1. The lowest BCUT2D eigenvalue weighted by Crippen LogP contribution is -2.43. The normalized spacial score (nSPS) is 16.6. The Bertz CT molecular complexity index is 1420. The number of hydrogen-bond acceptors (Lipinski definition) is 5. The van der Waals surface area contributed by atoms with Gasteiger partial charge < -0.3 is 4.90 Å². The maximum Gasteiger partial charge on any atom is 0.243 e. The van der Waals surface area contributed by atoms with E-state index in [1.54, 1.807) is 28.4 Å². The van der Waals surface area contributed by atoms with Crippen molar-refractivity contribution in [3.63, 3.8) is 0 Å². The molecular weight excluding hydrogens is 466 g/mol. The van der Waals surface area contributed by atoms with Gasteiger partial charge in [-0.3, -0.25) is 4.79 Å². The average molecular weight is 494 g/mol. The van der Waals surface area contributed by atoms with Crippen LogP contribution in [-0.2, 0) is 14.8 Å². The molecule has 1 saturated heterocycles. The largest absolute Gasteiger partial charge is 0.336 e. The third kappa shape index (κ3) is 4.21. The number of rotatable bonds is 5. The Morgan fingerprint density at radius 1 is 1.03 bits per heavy atom. The van der Waals surface area contributed by atoms with Crippen molar-refractivity contribution in [1.29, 1.82) is 0 Å². The lowest BCUT2D eigenvalue weighted by Gasteiger charge is -2.34. The molecule has 0 bridgehead atoms. The molecule has 176 valence electrons. The number of para-hydroxylation sites is 1. The molecule has 0 spiro atoms. The minimum Gasteiger partial charge on any atom is -0.336 e. The highest BCUT2D eigenvalue weighted by Gasteiger charge is 2.34. The Hall–Kier alpha value is -2.81. The average Bonchev–Trinajstić information content (AvgIpc) is 3.31. The fourth-order valence-corrected chi connectivity index (χ4v) is 7.10. The molecule has 1 amide bonds. The summed E-state index contributed by atoms with van der Waals surface area (Å²) >= 11 is 1.61. The summed E-state index contributed by atoms with van der Waals surface area (Å²) in [5.74, 6) is -0.139. The number of piperidine rings is 1. The maximum absolute atomic E-state index is 13.2. The van der Waals surface area contributed by atoms with Crippen LogP contribution < -0.4 is 0 Å². The van der Waals surface area contributed by atoms with Crippen LogP contribution in [0.25, 0.3) is 21.0 Å². The molecule has 0 aliphatic carbocycles. The van der Waals surface area contributed by atoms with Gasteiger partial charge in [0, 0.05) is 26.1 Å². The van der Waals surface area contributed by atoms with Gasteiger partial charge in [0.1, 0.15) is 5.01 Å². The summed E-state index contributed by atoms with van der Waals surface area (Å²) in [5.41, 5.74) is 0.947. The fourth-order valence-electron chi connectivity index (χ4n) is 4.53. The van der Waals surface area contributed by atoms with E-state index < -0.39 is 10.0 Å². The predicted octanol–water partition coefficient (Wildman–Crippen LogP) is 5.07. The van der Waals surface area contributed by atoms with Crippen LogP contribution in [0.15, 0.2) is 71.6 Å². The molecule has 4 aromatic rings. The summed E-state index contributed by atoms with van der Waals surface area (Å²) < 4.78 is 29.1. The quantitative estimate of drug-likeness (QED) is 0.389. The number of carbonyl (C=O) groups is 1. The number of fused-ring (bicyclic) bond motifs is 2. The van der Waals surface area contributed by atoms with Crippen LogP contribution in [0.3, 0.4) is 0 Å². The first-order chi connectivity index (χ1) is 16.3. The van der Waals surface area contributed by atoms with Crippen LogP contribution >= 0.6 is 11.3 Å². The van der Waals surface area contributed by atoms with Gasteiger partial charge in [0.2, 0.25) is 15.9 Å². The van der Waals surface area contributed by atoms with Crippen molar-refractivity contribution in [2.24, 2.45) is 5.92 Å². The topological polar surface area (TPSA) is 70.6 Å². The maximum atomic E-state index is 13.2. The van der Waals surface area contributed by atoms with Crippen molar-refractivity contribution in [2.45, 2.75) is 30.7 Å². The van der Waals surface area contributed by atoms with Gasteiger partial charge in [0.25, 0.3) is 0 Å². The second-order valence-electron chi connectivity index (χ2n) is 8.83. The standard InChI is InChI=1S/C26H27N3O3S2/c1-18(25-27-23-9-5-6-10-24(23)33-25)28(2)26(30)20-13-15-29(16-14-20)34(31,32)22-12-11-19-7-3-4-8-21(19)17-22/h3-12,17-18,20H,13-16H2,1-2H3. The second kappa shape index (κ2) is 9.09. The first-order valence-electron chi connectivity index (χ1n) is 11.5. The number of aromatic nitrogens is 1. The number of nitrogens with zero attached hydrogens (tertiary/aromatic N) is 3. The van der Waals surface area contributed by atoms with Crippen molar-refractivity contribution in [3.8, 4) is 0 Å². The molecule has 34 heavy (non-hydrogen) atoms.